The molecule has 1 aromatic rings. The minimum absolute atomic E-state index is 0.00472. The first kappa shape index (κ1) is 8.34. The molecule has 62 valence electrons. The molecule has 0 bridgehead atoms. The van der Waals surface area contributed by atoms with Gasteiger partial charge < -0.3 is 10.2 Å². The van der Waals surface area contributed by atoms with E-state index in [0.717, 1.165) is 12.1 Å². The molecular weight excluding hydrogens is 161 g/mol. The van der Waals surface area contributed by atoms with Gasteiger partial charge in [0, 0.05) is 0 Å². The van der Waals surface area contributed by atoms with Crippen molar-refractivity contribution in [2.75, 3.05) is 0 Å². The van der Waals surface area contributed by atoms with Gasteiger partial charge in [0.2, 0.25) is 0 Å². The maximum Gasteiger partial charge on any atom is 0.194 e. The lowest BCUT2D eigenvalue weighted by molar-refractivity contribution is 0.378. The van der Waals surface area contributed by atoms with E-state index >= 15 is 0 Å². The van der Waals surface area contributed by atoms with Crippen molar-refractivity contribution in [3.05, 3.63) is 23.5 Å². The molecule has 1 aromatic carbocycles. The van der Waals surface area contributed by atoms with Crippen molar-refractivity contribution in [2.24, 2.45) is 0 Å². The number of nitrogens with zero attached hydrogens (tertiary/aromatic N) is 1. The molecular formula is C8H6FNO2. The van der Waals surface area contributed by atoms with Crippen molar-refractivity contribution in [2.45, 2.75) is 6.42 Å². The fourth-order valence-corrected chi connectivity index (χ4v) is 0.832. The molecule has 0 aliphatic rings. The van der Waals surface area contributed by atoms with E-state index in [2.05, 4.69) is 0 Å². The summed E-state index contributed by atoms with van der Waals surface area (Å²) in [6.45, 7) is 0. The van der Waals surface area contributed by atoms with Crippen molar-refractivity contribution < 1.29 is 14.6 Å². The highest BCUT2D eigenvalue weighted by molar-refractivity contribution is 5.42. The van der Waals surface area contributed by atoms with Crippen LogP contribution in [0.15, 0.2) is 12.1 Å². The zero-order valence-corrected chi connectivity index (χ0v) is 6.08. The van der Waals surface area contributed by atoms with Gasteiger partial charge in [-0.3, -0.25) is 0 Å². The van der Waals surface area contributed by atoms with Gasteiger partial charge in [-0.25, -0.2) is 4.39 Å². The van der Waals surface area contributed by atoms with Gasteiger partial charge in [-0.1, -0.05) is 0 Å². The molecule has 0 amide bonds. The largest absolute Gasteiger partial charge is 0.504 e. The molecule has 0 aliphatic carbocycles. The monoisotopic (exact) mass is 167 g/mol. The second-order valence-electron chi connectivity index (χ2n) is 2.28. The minimum atomic E-state index is -0.916. The van der Waals surface area contributed by atoms with Gasteiger partial charge >= 0.3 is 0 Å². The quantitative estimate of drug-likeness (QED) is 0.619. The van der Waals surface area contributed by atoms with Crippen LogP contribution in [0.25, 0.3) is 0 Å². The predicted octanol–water partition coefficient (Wildman–Crippen LogP) is 1.30. The van der Waals surface area contributed by atoms with E-state index in [1.165, 1.54) is 0 Å². The van der Waals surface area contributed by atoms with E-state index in [4.69, 9.17) is 15.5 Å². The zero-order valence-electron chi connectivity index (χ0n) is 6.08. The lowest BCUT2D eigenvalue weighted by atomic mass is 10.1. The molecule has 0 spiro atoms. The Balaban J connectivity index is 3.14. The Morgan fingerprint density at radius 3 is 2.58 bits per heavy atom. The zero-order chi connectivity index (χ0) is 9.14. The topological polar surface area (TPSA) is 64.2 Å². The first-order valence-electron chi connectivity index (χ1n) is 3.22. The van der Waals surface area contributed by atoms with Crippen molar-refractivity contribution in [1.82, 2.24) is 0 Å². The molecule has 0 fully saturated rings. The van der Waals surface area contributed by atoms with E-state index in [9.17, 15) is 4.39 Å². The molecule has 0 atom stereocenters. The van der Waals surface area contributed by atoms with E-state index < -0.39 is 17.3 Å². The van der Waals surface area contributed by atoms with E-state index in [1.807, 2.05) is 0 Å². The van der Waals surface area contributed by atoms with Gasteiger partial charge in [0.15, 0.2) is 17.3 Å². The minimum Gasteiger partial charge on any atom is -0.504 e. The standard InChI is InChI=1S/C8H6FNO2/c9-6-3-5(1-2-10)4-7(11)8(6)12/h3-4,11-12H,1H2. The number of phenolic OH excluding ortho intramolecular Hbond substituents is 2. The Morgan fingerprint density at radius 1 is 1.42 bits per heavy atom. The fraction of sp³-hybridized carbons (Fsp3) is 0.125. The van der Waals surface area contributed by atoms with Gasteiger partial charge in [0.1, 0.15) is 0 Å². The number of nitriles is 1. The molecule has 4 heteroatoms. The number of halogens is 1. The van der Waals surface area contributed by atoms with Crippen molar-refractivity contribution in [3.8, 4) is 17.6 Å². The van der Waals surface area contributed by atoms with Crippen LogP contribution in [0.4, 0.5) is 4.39 Å². The predicted molar refractivity (Wildman–Crippen MR) is 39.0 cm³/mol. The molecule has 0 radical (unpaired) electrons. The Hall–Kier alpha value is -1.76. The smallest absolute Gasteiger partial charge is 0.194 e. The first-order valence-corrected chi connectivity index (χ1v) is 3.22. The Bertz CT molecular complexity index is 320. The lowest BCUT2D eigenvalue weighted by Gasteiger charge is -2.00. The van der Waals surface area contributed by atoms with Crippen molar-refractivity contribution >= 4 is 0 Å². The summed E-state index contributed by atoms with van der Waals surface area (Å²) < 4.78 is 12.6. The number of rotatable bonds is 1. The van der Waals surface area contributed by atoms with Crippen LogP contribution >= 0.6 is 0 Å². The summed E-state index contributed by atoms with van der Waals surface area (Å²) in [5.41, 5.74) is 0.338. The number of hydrogen-bond donors (Lipinski definition) is 2. The SMILES string of the molecule is N#CCc1cc(O)c(O)c(F)c1. The van der Waals surface area contributed by atoms with Gasteiger partial charge in [-0.2, -0.15) is 5.26 Å². The average molecular weight is 167 g/mol. The van der Waals surface area contributed by atoms with E-state index in [-0.39, 0.29) is 6.42 Å². The summed E-state index contributed by atoms with van der Waals surface area (Å²) in [7, 11) is 0. The van der Waals surface area contributed by atoms with Gasteiger partial charge in [-0.05, 0) is 17.7 Å². The van der Waals surface area contributed by atoms with Crippen LogP contribution in [0.5, 0.6) is 11.5 Å². The van der Waals surface area contributed by atoms with E-state index in [1.54, 1.807) is 6.07 Å². The highest BCUT2D eigenvalue weighted by Gasteiger charge is 2.07. The molecule has 2 N–H and O–H groups in total. The second-order valence-corrected chi connectivity index (χ2v) is 2.28. The number of aromatic hydroxyl groups is 2. The highest BCUT2D eigenvalue weighted by atomic mass is 19.1. The third kappa shape index (κ3) is 1.45. The molecule has 0 unspecified atom stereocenters. The maximum atomic E-state index is 12.6. The van der Waals surface area contributed by atoms with Crippen molar-refractivity contribution in [3.63, 3.8) is 0 Å². The molecule has 0 saturated carbocycles. The Labute approximate surface area is 68.3 Å². The van der Waals surface area contributed by atoms with Crippen LogP contribution in [-0.2, 0) is 6.42 Å². The molecule has 0 heterocycles. The van der Waals surface area contributed by atoms with Crippen LogP contribution in [0.3, 0.4) is 0 Å². The van der Waals surface area contributed by atoms with Crippen LogP contribution in [-0.4, -0.2) is 10.2 Å². The number of phenols is 2. The van der Waals surface area contributed by atoms with Gasteiger partial charge in [-0.15, -0.1) is 0 Å². The van der Waals surface area contributed by atoms with Crippen LogP contribution in [0, 0.1) is 17.1 Å². The third-order valence-electron chi connectivity index (χ3n) is 1.39. The molecule has 0 aliphatic heterocycles. The normalized spacial score (nSPS) is 9.33. The Kier molecular flexibility index (Phi) is 2.15. The van der Waals surface area contributed by atoms with Gasteiger partial charge in [0.25, 0.3) is 0 Å². The summed E-state index contributed by atoms with van der Waals surface area (Å²) in [6, 6.07) is 3.97. The highest BCUT2D eigenvalue weighted by Crippen LogP contribution is 2.28. The molecule has 0 saturated heterocycles. The number of benzene rings is 1. The van der Waals surface area contributed by atoms with Crippen LogP contribution in [0.1, 0.15) is 5.56 Å². The molecule has 3 nitrogen and oxygen atoms in total. The maximum absolute atomic E-state index is 12.6. The van der Waals surface area contributed by atoms with Crippen LogP contribution in [0.2, 0.25) is 0 Å². The van der Waals surface area contributed by atoms with E-state index in [0.29, 0.717) is 5.56 Å². The fourth-order valence-electron chi connectivity index (χ4n) is 0.832. The summed E-state index contributed by atoms with van der Waals surface area (Å²) in [5, 5.41) is 26.0. The molecule has 12 heavy (non-hydrogen) atoms. The summed E-state index contributed by atoms with van der Waals surface area (Å²) in [4.78, 5) is 0. The summed E-state index contributed by atoms with van der Waals surface area (Å²) in [6.07, 6.45) is 0.00472. The second kappa shape index (κ2) is 3.09. The number of hydrogen-bond acceptors (Lipinski definition) is 3. The van der Waals surface area contributed by atoms with Crippen LogP contribution < -0.4 is 0 Å². The molecule has 1 rings (SSSR count). The lowest BCUT2D eigenvalue weighted by Crippen LogP contribution is -1.85. The summed E-state index contributed by atoms with van der Waals surface area (Å²) >= 11 is 0. The van der Waals surface area contributed by atoms with Gasteiger partial charge in [0.05, 0.1) is 12.5 Å². The van der Waals surface area contributed by atoms with Crippen molar-refractivity contribution in [1.29, 1.82) is 5.26 Å². The Morgan fingerprint density at radius 2 is 2.08 bits per heavy atom. The summed E-state index contributed by atoms with van der Waals surface area (Å²) in [5.74, 6) is -2.24. The third-order valence-corrected chi connectivity index (χ3v) is 1.39. The first-order chi connectivity index (χ1) is 5.65. The average Bonchev–Trinajstić information content (AvgIpc) is 2.01. The molecule has 0 aromatic heterocycles.